The minimum Gasteiger partial charge on any atom is -0.444 e. The normalized spacial score (nSPS) is 26.5. The van der Waals surface area contributed by atoms with Crippen LogP contribution >= 0.6 is 0 Å². The lowest BCUT2D eigenvalue weighted by Gasteiger charge is -2.38. The van der Waals surface area contributed by atoms with Gasteiger partial charge in [0.1, 0.15) is 5.60 Å². The summed E-state index contributed by atoms with van der Waals surface area (Å²) in [5.41, 5.74) is 1.19. The van der Waals surface area contributed by atoms with E-state index in [2.05, 4.69) is 58.9 Å². The molecule has 3 rings (SSSR count). The average molecular weight is 401 g/mol. The van der Waals surface area contributed by atoms with E-state index in [9.17, 15) is 4.79 Å². The van der Waals surface area contributed by atoms with E-state index in [0.29, 0.717) is 24.9 Å². The molecular weight excluding hydrogens is 365 g/mol. The molecule has 0 aromatic heterocycles. The van der Waals surface area contributed by atoms with Crippen molar-refractivity contribution >= 4 is 18.7 Å². The fourth-order valence-corrected chi connectivity index (χ4v) is 4.05. The second-order valence-corrected chi connectivity index (χ2v) is 10.6. The van der Waals surface area contributed by atoms with E-state index in [0.717, 1.165) is 11.9 Å². The molecule has 0 N–H and O–H groups in total. The Bertz CT molecular complexity index is 739. The van der Waals surface area contributed by atoms with Gasteiger partial charge in [0.05, 0.1) is 11.2 Å². The number of carbonyl (C=O) groups is 1. The van der Waals surface area contributed by atoms with E-state index in [1.165, 1.54) is 5.56 Å². The molecule has 0 aliphatic carbocycles. The number of hydrogen-bond acceptors (Lipinski definition) is 4. The minimum absolute atomic E-state index is 0.214. The maximum atomic E-state index is 12.4. The predicted molar refractivity (Wildman–Crippen MR) is 116 cm³/mol. The summed E-state index contributed by atoms with van der Waals surface area (Å²) in [6.07, 6.45) is 0.710. The Morgan fingerprint density at radius 1 is 1.17 bits per heavy atom. The molecule has 0 spiro atoms. The first-order valence-electron chi connectivity index (χ1n) is 10.7. The van der Waals surface area contributed by atoms with Gasteiger partial charge in [-0.1, -0.05) is 31.2 Å². The number of benzene rings is 1. The van der Waals surface area contributed by atoms with Gasteiger partial charge in [0, 0.05) is 13.1 Å². The van der Waals surface area contributed by atoms with Crippen LogP contribution in [0.4, 0.5) is 4.79 Å². The molecule has 6 heteroatoms. The van der Waals surface area contributed by atoms with Crippen LogP contribution in [0.3, 0.4) is 0 Å². The molecule has 2 saturated heterocycles. The van der Waals surface area contributed by atoms with Gasteiger partial charge in [0.2, 0.25) is 0 Å². The van der Waals surface area contributed by atoms with E-state index >= 15 is 0 Å². The Labute approximate surface area is 176 Å². The van der Waals surface area contributed by atoms with Gasteiger partial charge in [0.15, 0.2) is 0 Å². The quantitative estimate of drug-likeness (QED) is 0.692. The van der Waals surface area contributed by atoms with E-state index in [1.807, 2.05) is 25.7 Å². The Hall–Kier alpha value is -1.53. The van der Waals surface area contributed by atoms with E-state index in [4.69, 9.17) is 14.0 Å². The molecule has 2 atom stereocenters. The summed E-state index contributed by atoms with van der Waals surface area (Å²) in [7, 11) is -0.350. The molecule has 29 heavy (non-hydrogen) atoms. The van der Waals surface area contributed by atoms with Gasteiger partial charge in [-0.2, -0.15) is 0 Å². The van der Waals surface area contributed by atoms with Crippen LogP contribution in [0.15, 0.2) is 24.3 Å². The standard InChI is InChI=1S/C23H36BNO4/c1-16-15-25(20(26)27-21(2,3)4)13-12-19(16)17-10-9-11-18(14-17)24-28-22(5,6)23(7,8)29-24/h9-11,14,16,19H,12-13,15H2,1-8H3. The number of hydrogen-bond donors (Lipinski definition) is 0. The van der Waals surface area contributed by atoms with E-state index in [-0.39, 0.29) is 24.4 Å². The summed E-state index contributed by atoms with van der Waals surface area (Å²) in [6, 6.07) is 8.56. The molecular formula is C23H36BNO4. The van der Waals surface area contributed by atoms with Crippen LogP contribution < -0.4 is 5.46 Å². The number of likely N-dealkylation sites (tertiary alicyclic amines) is 1. The van der Waals surface area contributed by atoms with Gasteiger partial charge in [-0.05, 0) is 77.7 Å². The van der Waals surface area contributed by atoms with Gasteiger partial charge in [-0.25, -0.2) is 4.79 Å². The first-order valence-corrected chi connectivity index (χ1v) is 10.7. The topological polar surface area (TPSA) is 48.0 Å². The molecule has 0 saturated carbocycles. The smallest absolute Gasteiger partial charge is 0.444 e. The largest absolute Gasteiger partial charge is 0.494 e. The Balaban J connectivity index is 1.70. The first-order chi connectivity index (χ1) is 13.3. The average Bonchev–Trinajstić information content (AvgIpc) is 2.81. The van der Waals surface area contributed by atoms with Crippen molar-refractivity contribution in [1.29, 1.82) is 0 Å². The summed E-state index contributed by atoms with van der Waals surface area (Å²) in [4.78, 5) is 14.3. The fraction of sp³-hybridized carbons (Fsp3) is 0.696. The number of nitrogens with zero attached hydrogens (tertiary/aromatic N) is 1. The molecule has 5 nitrogen and oxygen atoms in total. The van der Waals surface area contributed by atoms with Gasteiger partial charge >= 0.3 is 13.2 Å². The molecule has 1 amide bonds. The maximum absolute atomic E-state index is 12.4. The summed E-state index contributed by atoms with van der Waals surface area (Å²) < 4.78 is 18.0. The van der Waals surface area contributed by atoms with Gasteiger partial charge in [-0.3, -0.25) is 0 Å². The second-order valence-electron chi connectivity index (χ2n) is 10.6. The minimum atomic E-state index is -0.464. The SMILES string of the molecule is CC1CN(C(=O)OC(C)(C)C)CCC1c1cccc(B2OC(C)(C)C(C)(C)O2)c1. The molecule has 2 aliphatic heterocycles. The van der Waals surface area contributed by atoms with E-state index < -0.39 is 5.60 Å². The molecule has 1 aromatic rings. The Morgan fingerprint density at radius 3 is 2.34 bits per heavy atom. The Morgan fingerprint density at radius 2 is 1.79 bits per heavy atom. The van der Waals surface area contributed by atoms with Crippen LogP contribution in [-0.2, 0) is 14.0 Å². The van der Waals surface area contributed by atoms with Crippen molar-refractivity contribution in [3.8, 4) is 0 Å². The first kappa shape index (κ1) is 22.2. The van der Waals surface area contributed by atoms with Crippen molar-refractivity contribution < 1.29 is 18.8 Å². The van der Waals surface area contributed by atoms with Crippen LogP contribution in [0.25, 0.3) is 0 Å². The zero-order valence-electron chi connectivity index (χ0n) is 19.2. The molecule has 2 fully saturated rings. The van der Waals surface area contributed by atoms with Crippen molar-refractivity contribution in [1.82, 2.24) is 4.90 Å². The Kier molecular flexibility index (Phi) is 5.83. The van der Waals surface area contributed by atoms with Crippen molar-refractivity contribution in [2.24, 2.45) is 5.92 Å². The highest BCUT2D eigenvalue weighted by molar-refractivity contribution is 6.62. The van der Waals surface area contributed by atoms with Gasteiger partial charge < -0.3 is 18.9 Å². The predicted octanol–water partition coefficient (Wildman–Crippen LogP) is 4.35. The lowest BCUT2D eigenvalue weighted by Crippen LogP contribution is -2.44. The van der Waals surface area contributed by atoms with Crippen molar-refractivity contribution in [2.45, 2.75) is 84.5 Å². The number of rotatable bonds is 2. The molecule has 2 heterocycles. The van der Waals surface area contributed by atoms with Crippen LogP contribution in [0.2, 0.25) is 0 Å². The fourth-order valence-electron chi connectivity index (χ4n) is 4.05. The summed E-state index contributed by atoms with van der Waals surface area (Å²) in [5, 5.41) is 0. The third-order valence-corrected chi connectivity index (χ3v) is 6.42. The van der Waals surface area contributed by atoms with Crippen molar-refractivity contribution in [3.63, 3.8) is 0 Å². The second kappa shape index (κ2) is 7.62. The summed E-state index contributed by atoms with van der Waals surface area (Å²) >= 11 is 0. The number of ether oxygens (including phenoxy) is 1. The van der Waals surface area contributed by atoms with E-state index in [1.54, 1.807) is 0 Å². The van der Waals surface area contributed by atoms with Gasteiger partial charge in [0.25, 0.3) is 0 Å². The maximum Gasteiger partial charge on any atom is 0.494 e. The lowest BCUT2D eigenvalue weighted by molar-refractivity contribution is 0.00578. The van der Waals surface area contributed by atoms with Crippen LogP contribution in [0.5, 0.6) is 0 Å². The zero-order chi connectivity index (χ0) is 21.6. The van der Waals surface area contributed by atoms with Crippen LogP contribution in [-0.4, -0.2) is 48.0 Å². The number of carbonyl (C=O) groups excluding carboxylic acids is 1. The molecule has 160 valence electrons. The highest BCUT2D eigenvalue weighted by Crippen LogP contribution is 2.37. The number of amides is 1. The molecule has 1 aromatic carbocycles. The zero-order valence-corrected chi connectivity index (χ0v) is 19.2. The lowest BCUT2D eigenvalue weighted by atomic mass is 9.75. The van der Waals surface area contributed by atoms with Crippen LogP contribution in [0, 0.1) is 5.92 Å². The molecule has 2 unspecified atom stereocenters. The monoisotopic (exact) mass is 401 g/mol. The highest BCUT2D eigenvalue weighted by Gasteiger charge is 2.51. The van der Waals surface area contributed by atoms with Crippen molar-refractivity contribution in [3.05, 3.63) is 29.8 Å². The molecule has 0 bridgehead atoms. The van der Waals surface area contributed by atoms with Crippen molar-refractivity contribution in [2.75, 3.05) is 13.1 Å². The third-order valence-electron chi connectivity index (χ3n) is 6.42. The summed E-state index contributed by atoms with van der Waals surface area (Å²) in [5.74, 6) is 0.751. The highest BCUT2D eigenvalue weighted by atomic mass is 16.7. The molecule has 0 radical (unpaired) electrons. The number of piperidine rings is 1. The van der Waals surface area contributed by atoms with Gasteiger partial charge in [-0.15, -0.1) is 0 Å². The van der Waals surface area contributed by atoms with Crippen LogP contribution in [0.1, 0.15) is 73.3 Å². The molecule has 2 aliphatic rings. The summed E-state index contributed by atoms with van der Waals surface area (Å²) in [6.45, 7) is 17.6. The third kappa shape index (κ3) is 4.80.